The predicted octanol–water partition coefficient (Wildman–Crippen LogP) is 4.68. The van der Waals surface area contributed by atoms with Crippen LogP contribution in [0, 0.1) is 11.7 Å². The molecule has 0 atom stereocenters. The van der Waals surface area contributed by atoms with Crippen molar-refractivity contribution in [3.63, 3.8) is 0 Å². The van der Waals surface area contributed by atoms with Gasteiger partial charge in [-0.2, -0.15) is 0 Å². The lowest BCUT2D eigenvalue weighted by Crippen LogP contribution is -2.29. The molecule has 2 aromatic rings. The molecule has 0 heterocycles. The molecule has 2 aromatic carbocycles. The summed E-state index contributed by atoms with van der Waals surface area (Å²) < 4.78 is 30.5. The normalized spacial score (nSPS) is 18.7. The van der Waals surface area contributed by atoms with Gasteiger partial charge >= 0.3 is 11.9 Å². The molecule has 0 unspecified atom stereocenters. The maximum absolute atomic E-state index is 14.4. The van der Waals surface area contributed by atoms with E-state index in [0.717, 1.165) is 5.56 Å². The first kappa shape index (κ1) is 20.8. The van der Waals surface area contributed by atoms with E-state index in [1.165, 1.54) is 12.1 Å². The van der Waals surface area contributed by atoms with Gasteiger partial charge in [0, 0.05) is 6.07 Å². The van der Waals surface area contributed by atoms with Crippen molar-refractivity contribution in [3.05, 3.63) is 65.5 Å². The van der Waals surface area contributed by atoms with Crippen molar-refractivity contribution in [3.8, 4) is 5.75 Å². The third kappa shape index (κ3) is 5.79. The van der Waals surface area contributed by atoms with E-state index in [1.807, 2.05) is 30.3 Å². The minimum atomic E-state index is -0.715. The SMILES string of the molecule is CCOC(=O)C1CCC(Oc2ccc(C(=O)OCc3ccccc3)c(F)c2)CC1. The van der Waals surface area contributed by atoms with E-state index in [0.29, 0.717) is 38.0 Å². The van der Waals surface area contributed by atoms with Crippen LogP contribution in [-0.2, 0) is 20.9 Å². The third-order valence-electron chi connectivity index (χ3n) is 4.97. The highest BCUT2D eigenvalue weighted by molar-refractivity contribution is 5.89. The van der Waals surface area contributed by atoms with Gasteiger partial charge in [-0.15, -0.1) is 0 Å². The zero-order valence-electron chi connectivity index (χ0n) is 16.4. The second-order valence-corrected chi connectivity index (χ2v) is 7.05. The number of hydrogen-bond acceptors (Lipinski definition) is 5. The topological polar surface area (TPSA) is 61.8 Å². The lowest BCUT2D eigenvalue weighted by molar-refractivity contribution is -0.149. The zero-order valence-corrected chi connectivity index (χ0v) is 16.4. The van der Waals surface area contributed by atoms with Gasteiger partial charge < -0.3 is 14.2 Å². The van der Waals surface area contributed by atoms with E-state index in [2.05, 4.69) is 0 Å². The monoisotopic (exact) mass is 400 g/mol. The summed E-state index contributed by atoms with van der Waals surface area (Å²) in [5.41, 5.74) is 0.707. The first-order chi connectivity index (χ1) is 14.1. The van der Waals surface area contributed by atoms with E-state index in [9.17, 15) is 14.0 Å². The molecular formula is C23H25FO5. The molecule has 1 saturated carbocycles. The highest BCUT2D eigenvalue weighted by atomic mass is 19.1. The molecule has 0 N–H and O–H groups in total. The molecule has 29 heavy (non-hydrogen) atoms. The van der Waals surface area contributed by atoms with Crippen LogP contribution < -0.4 is 4.74 Å². The van der Waals surface area contributed by atoms with E-state index < -0.39 is 11.8 Å². The summed E-state index contributed by atoms with van der Waals surface area (Å²) in [6.07, 6.45) is 2.69. The number of hydrogen-bond donors (Lipinski definition) is 0. The van der Waals surface area contributed by atoms with Gasteiger partial charge in [-0.25, -0.2) is 9.18 Å². The van der Waals surface area contributed by atoms with Gasteiger partial charge in [-0.05, 0) is 50.3 Å². The van der Waals surface area contributed by atoms with E-state index in [-0.39, 0.29) is 30.2 Å². The van der Waals surface area contributed by atoms with Crippen molar-refractivity contribution in [2.45, 2.75) is 45.3 Å². The van der Waals surface area contributed by atoms with Crippen LogP contribution in [0.3, 0.4) is 0 Å². The maximum atomic E-state index is 14.4. The molecule has 6 heteroatoms. The smallest absolute Gasteiger partial charge is 0.341 e. The number of benzene rings is 2. The van der Waals surface area contributed by atoms with Gasteiger partial charge in [0.15, 0.2) is 0 Å². The van der Waals surface area contributed by atoms with Gasteiger partial charge in [0.05, 0.1) is 24.2 Å². The number of rotatable bonds is 7. The molecule has 3 rings (SSSR count). The van der Waals surface area contributed by atoms with Gasteiger partial charge in [0.2, 0.25) is 0 Å². The predicted molar refractivity (Wildman–Crippen MR) is 105 cm³/mol. The summed E-state index contributed by atoms with van der Waals surface area (Å²) in [5, 5.41) is 0. The van der Waals surface area contributed by atoms with Crippen LogP contribution >= 0.6 is 0 Å². The summed E-state index contributed by atoms with van der Waals surface area (Å²) in [6, 6.07) is 13.4. The van der Waals surface area contributed by atoms with Crippen molar-refractivity contribution in [2.24, 2.45) is 5.92 Å². The third-order valence-corrected chi connectivity index (χ3v) is 4.97. The van der Waals surface area contributed by atoms with Crippen LogP contribution in [0.2, 0.25) is 0 Å². The molecule has 0 radical (unpaired) electrons. The summed E-state index contributed by atoms with van der Waals surface area (Å²) in [5.74, 6) is -1.28. The van der Waals surface area contributed by atoms with Crippen molar-refractivity contribution >= 4 is 11.9 Å². The van der Waals surface area contributed by atoms with Crippen molar-refractivity contribution in [2.75, 3.05) is 6.61 Å². The van der Waals surface area contributed by atoms with Crippen molar-refractivity contribution in [1.82, 2.24) is 0 Å². The summed E-state index contributed by atoms with van der Waals surface area (Å²) in [4.78, 5) is 23.9. The Bertz CT molecular complexity index is 828. The summed E-state index contributed by atoms with van der Waals surface area (Å²) in [7, 11) is 0. The molecular weight excluding hydrogens is 375 g/mol. The fourth-order valence-electron chi connectivity index (χ4n) is 3.40. The molecule has 0 bridgehead atoms. The summed E-state index contributed by atoms with van der Waals surface area (Å²) in [6.45, 7) is 2.26. The molecule has 0 aromatic heterocycles. The van der Waals surface area contributed by atoms with Crippen molar-refractivity contribution in [1.29, 1.82) is 0 Å². The van der Waals surface area contributed by atoms with Crippen LogP contribution in [0.1, 0.15) is 48.5 Å². The Morgan fingerprint density at radius 1 is 1.00 bits per heavy atom. The molecule has 5 nitrogen and oxygen atoms in total. The molecule has 1 fully saturated rings. The van der Waals surface area contributed by atoms with Crippen LogP contribution in [0.5, 0.6) is 5.75 Å². The van der Waals surface area contributed by atoms with Crippen LogP contribution in [0.25, 0.3) is 0 Å². The van der Waals surface area contributed by atoms with Gasteiger partial charge in [0.25, 0.3) is 0 Å². The molecule has 1 aliphatic rings. The number of esters is 2. The lowest BCUT2D eigenvalue weighted by Gasteiger charge is -2.27. The van der Waals surface area contributed by atoms with Crippen LogP contribution in [-0.4, -0.2) is 24.6 Å². The van der Waals surface area contributed by atoms with Gasteiger partial charge in [-0.1, -0.05) is 30.3 Å². The minimum absolute atomic E-state index is 0.0844. The second-order valence-electron chi connectivity index (χ2n) is 7.05. The first-order valence-corrected chi connectivity index (χ1v) is 9.90. The standard InChI is InChI=1S/C23H25FO5/c1-2-27-22(25)17-8-10-18(11-9-17)29-19-12-13-20(21(24)14-19)23(26)28-15-16-6-4-3-5-7-16/h3-7,12-14,17-18H,2,8-11,15H2,1H3. The van der Waals surface area contributed by atoms with Crippen molar-refractivity contribution < 1.29 is 28.2 Å². The average Bonchev–Trinajstić information content (AvgIpc) is 2.73. The van der Waals surface area contributed by atoms with Crippen LogP contribution in [0.4, 0.5) is 4.39 Å². The Morgan fingerprint density at radius 3 is 2.38 bits per heavy atom. The molecule has 1 aliphatic carbocycles. The number of halogens is 1. The summed E-state index contributed by atoms with van der Waals surface area (Å²) >= 11 is 0. The van der Waals surface area contributed by atoms with Gasteiger partial charge in [0.1, 0.15) is 18.2 Å². The van der Waals surface area contributed by atoms with E-state index in [4.69, 9.17) is 14.2 Å². The minimum Gasteiger partial charge on any atom is -0.490 e. The first-order valence-electron chi connectivity index (χ1n) is 9.90. The average molecular weight is 400 g/mol. The molecule has 0 amide bonds. The number of carbonyl (C=O) groups is 2. The number of ether oxygens (including phenoxy) is 3. The fourth-order valence-corrected chi connectivity index (χ4v) is 3.40. The van der Waals surface area contributed by atoms with Crippen LogP contribution in [0.15, 0.2) is 48.5 Å². The molecule has 154 valence electrons. The zero-order chi connectivity index (χ0) is 20.6. The molecule has 0 aliphatic heterocycles. The highest BCUT2D eigenvalue weighted by Crippen LogP contribution is 2.29. The Morgan fingerprint density at radius 2 is 1.72 bits per heavy atom. The Labute approximate surface area is 169 Å². The quantitative estimate of drug-likeness (QED) is 0.632. The maximum Gasteiger partial charge on any atom is 0.341 e. The second kappa shape index (κ2) is 10.0. The van der Waals surface area contributed by atoms with E-state index >= 15 is 0 Å². The molecule has 0 spiro atoms. The number of carbonyl (C=O) groups excluding carboxylic acids is 2. The Kier molecular flexibility index (Phi) is 7.22. The Hall–Kier alpha value is -2.89. The fraction of sp³-hybridized carbons (Fsp3) is 0.391. The molecule has 0 saturated heterocycles. The lowest BCUT2D eigenvalue weighted by atomic mass is 9.87. The van der Waals surface area contributed by atoms with Gasteiger partial charge in [-0.3, -0.25) is 4.79 Å². The van der Waals surface area contributed by atoms with E-state index in [1.54, 1.807) is 13.0 Å². The Balaban J connectivity index is 1.52. The highest BCUT2D eigenvalue weighted by Gasteiger charge is 2.28. The largest absolute Gasteiger partial charge is 0.490 e.